The van der Waals surface area contributed by atoms with Crippen molar-refractivity contribution >= 4 is 5.91 Å². The summed E-state index contributed by atoms with van der Waals surface area (Å²) >= 11 is 0. The fourth-order valence-corrected chi connectivity index (χ4v) is 4.38. The molecule has 1 aromatic heterocycles. The van der Waals surface area contributed by atoms with Gasteiger partial charge in [-0.2, -0.15) is 5.10 Å². The Morgan fingerprint density at radius 1 is 1.14 bits per heavy atom. The number of ether oxygens (including phenoxy) is 2. The Bertz CT molecular complexity index is 1170. The highest BCUT2D eigenvalue weighted by molar-refractivity contribution is 6.00. The van der Waals surface area contributed by atoms with Crippen molar-refractivity contribution in [1.82, 2.24) is 15.1 Å². The summed E-state index contributed by atoms with van der Waals surface area (Å²) in [6, 6.07) is 12.2. The van der Waals surface area contributed by atoms with Crippen LogP contribution in [0, 0.1) is 5.92 Å². The van der Waals surface area contributed by atoms with Crippen molar-refractivity contribution in [2.45, 2.75) is 39.7 Å². The molecule has 0 radical (unpaired) electrons. The number of aliphatic hydroxyl groups excluding tert-OH is 1. The SMILES string of the molecule is CCOc1cc(C2c3c(-c4ccccc4O)n[nH]c3C(=O)N2CCCO)ccc1OCCC(C)C. The highest BCUT2D eigenvalue weighted by Crippen LogP contribution is 2.45. The summed E-state index contributed by atoms with van der Waals surface area (Å²) in [5.74, 6) is 1.70. The van der Waals surface area contributed by atoms with Gasteiger partial charge in [-0.1, -0.05) is 32.0 Å². The number of para-hydroxylation sites is 1. The number of phenolic OH excluding ortho intramolecular Hbond substituents is 1. The van der Waals surface area contributed by atoms with E-state index in [0.29, 0.717) is 66.1 Å². The largest absolute Gasteiger partial charge is 0.507 e. The molecule has 8 heteroatoms. The first-order valence-electron chi connectivity index (χ1n) is 12.1. The van der Waals surface area contributed by atoms with E-state index < -0.39 is 6.04 Å². The van der Waals surface area contributed by atoms with Crippen molar-refractivity contribution in [1.29, 1.82) is 0 Å². The number of aromatic nitrogens is 2. The molecule has 1 atom stereocenters. The van der Waals surface area contributed by atoms with E-state index >= 15 is 0 Å². The van der Waals surface area contributed by atoms with Gasteiger partial charge >= 0.3 is 0 Å². The van der Waals surface area contributed by atoms with E-state index in [1.54, 1.807) is 23.1 Å². The number of rotatable bonds is 11. The molecule has 0 spiro atoms. The molecule has 4 rings (SSSR count). The van der Waals surface area contributed by atoms with Crippen molar-refractivity contribution in [2.24, 2.45) is 5.92 Å². The molecule has 3 aromatic rings. The van der Waals surface area contributed by atoms with E-state index in [2.05, 4.69) is 24.0 Å². The van der Waals surface area contributed by atoms with Crippen molar-refractivity contribution in [3.05, 3.63) is 59.3 Å². The van der Waals surface area contributed by atoms with Crippen molar-refractivity contribution in [3.63, 3.8) is 0 Å². The predicted octanol–water partition coefficient (Wildman–Crippen LogP) is 4.53. The Morgan fingerprint density at radius 3 is 2.66 bits per heavy atom. The Morgan fingerprint density at radius 2 is 1.94 bits per heavy atom. The normalized spacial score (nSPS) is 15.1. The molecule has 186 valence electrons. The Kier molecular flexibility index (Phi) is 7.60. The molecule has 1 amide bonds. The van der Waals surface area contributed by atoms with Crippen LogP contribution in [-0.2, 0) is 0 Å². The van der Waals surface area contributed by atoms with Crippen LogP contribution in [0.5, 0.6) is 17.2 Å². The summed E-state index contributed by atoms with van der Waals surface area (Å²) < 4.78 is 11.9. The number of benzene rings is 2. The van der Waals surface area contributed by atoms with Crippen molar-refractivity contribution < 1.29 is 24.5 Å². The standard InChI is InChI=1S/C27H33N3O5/c1-4-34-22-16-18(10-11-21(22)35-15-12-17(2)3)26-23-24(19-8-5-6-9-20(19)32)28-29-25(23)27(33)30(26)13-7-14-31/h5-6,8-11,16-17,26,31-32H,4,7,12-15H2,1-3H3,(H,28,29). The molecule has 1 aliphatic rings. The number of aliphatic hydroxyl groups is 1. The first-order valence-corrected chi connectivity index (χ1v) is 12.1. The maximum absolute atomic E-state index is 13.4. The number of carbonyl (C=O) groups excluding carboxylic acids is 1. The van der Waals surface area contributed by atoms with Gasteiger partial charge in [0.05, 0.1) is 19.3 Å². The van der Waals surface area contributed by atoms with Gasteiger partial charge in [0.1, 0.15) is 17.1 Å². The van der Waals surface area contributed by atoms with Crippen LogP contribution in [-0.4, -0.2) is 57.6 Å². The lowest BCUT2D eigenvalue weighted by atomic mass is 9.95. The van der Waals surface area contributed by atoms with Crippen molar-refractivity contribution in [3.8, 4) is 28.5 Å². The zero-order valence-electron chi connectivity index (χ0n) is 20.5. The fraction of sp³-hybridized carbons (Fsp3) is 0.407. The molecule has 8 nitrogen and oxygen atoms in total. The van der Waals surface area contributed by atoms with Crippen LogP contribution < -0.4 is 9.47 Å². The molecule has 0 aliphatic carbocycles. The second-order valence-corrected chi connectivity index (χ2v) is 9.03. The number of H-pyrrole nitrogens is 1. The molecule has 0 fully saturated rings. The molecule has 2 aromatic carbocycles. The van der Waals surface area contributed by atoms with E-state index in [0.717, 1.165) is 12.0 Å². The van der Waals surface area contributed by atoms with Crippen LogP contribution in [0.4, 0.5) is 0 Å². The average Bonchev–Trinajstić information content (AvgIpc) is 3.37. The number of aromatic hydroxyl groups is 1. The third-order valence-corrected chi connectivity index (χ3v) is 6.12. The number of hydrogen-bond donors (Lipinski definition) is 3. The minimum atomic E-state index is -0.457. The van der Waals surface area contributed by atoms with Gasteiger partial charge in [-0.05, 0) is 55.5 Å². The lowest BCUT2D eigenvalue weighted by Gasteiger charge is -2.27. The smallest absolute Gasteiger partial charge is 0.273 e. The van der Waals surface area contributed by atoms with E-state index in [9.17, 15) is 15.0 Å². The van der Waals surface area contributed by atoms with E-state index in [-0.39, 0.29) is 18.3 Å². The van der Waals surface area contributed by atoms with Gasteiger partial charge in [0, 0.05) is 24.3 Å². The predicted molar refractivity (Wildman–Crippen MR) is 133 cm³/mol. The number of phenols is 1. The quantitative estimate of drug-likeness (QED) is 0.373. The van der Waals surface area contributed by atoms with Crippen molar-refractivity contribution in [2.75, 3.05) is 26.4 Å². The van der Waals surface area contributed by atoms with Gasteiger partial charge in [0.15, 0.2) is 11.5 Å². The number of nitrogens with one attached hydrogen (secondary N) is 1. The molecule has 0 saturated heterocycles. The van der Waals surface area contributed by atoms with Crippen LogP contribution in [0.3, 0.4) is 0 Å². The number of aromatic amines is 1. The molecule has 1 aliphatic heterocycles. The molecule has 1 unspecified atom stereocenters. The summed E-state index contributed by atoms with van der Waals surface area (Å²) in [6.07, 6.45) is 1.38. The summed E-state index contributed by atoms with van der Waals surface area (Å²) in [6.45, 7) is 7.63. The van der Waals surface area contributed by atoms with E-state index in [1.807, 2.05) is 31.2 Å². The number of nitrogens with zero attached hydrogens (tertiary/aromatic N) is 2. The summed E-state index contributed by atoms with van der Waals surface area (Å²) in [4.78, 5) is 15.1. The summed E-state index contributed by atoms with van der Waals surface area (Å²) in [5, 5.41) is 27.2. The highest BCUT2D eigenvalue weighted by atomic mass is 16.5. The van der Waals surface area contributed by atoms with E-state index in [4.69, 9.17) is 9.47 Å². The maximum Gasteiger partial charge on any atom is 0.273 e. The van der Waals surface area contributed by atoms with Gasteiger partial charge in [-0.25, -0.2) is 0 Å². The zero-order chi connectivity index (χ0) is 24.9. The fourth-order valence-electron chi connectivity index (χ4n) is 4.38. The molecule has 2 heterocycles. The second-order valence-electron chi connectivity index (χ2n) is 9.03. The molecule has 35 heavy (non-hydrogen) atoms. The first-order chi connectivity index (χ1) is 17.0. The summed E-state index contributed by atoms with van der Waals surface area (Å²) in [7, 11) is 0. The van der Waals surface area contributed by atoms with E-state index in [1.165, 1.54) is 0 Å². The molecule has 0 saturated carbocycles. The molecule has 3 N–H and O–H groups in total. The van der Waals surface area contributed by atoms with Gasteiger partial charge in [0.2, 0.25) is 0 Å². The van der Waals surface area contributed by atoms with Gasteiger partial charge in [-0.3, -0.25) is 9.89 Å². The van der Waals surface area contributed by atoms with Gasteiger partial charge in [-0.15, -0.1) is 0 Å². The highest BCUT2D eigenvalue weighted by Gasteiger charge is 2.42. The third-order valence-electron chi connectivity index (χ3n) is 6.12. The van der Waals surface area contributed by atoms with Crippen LogP contribution >= 0.6 is 0 Å². The number of carbonyl (C=O) groups is 1. The number of amides is 1. The van der Waals surface area contributed by atoms with Gasteiger partial charge < -0.3 is 24.6 Å². The van der Waals surface area contributed by atoms with Crippen LogP contribution in [0.2, 0.25) is 0 Å². The number of fused-ring (bicyclic) bond motifs is 1. The summed E-state index contributed by atoms with van der Waals surface area (Å²) in [5.41, 5.74) is 3.00. The average molecular weight is 480 g/mol. The molecular formula is C27H33N3O5. The molecule has 0 bridgehead atoms. The Hall–Kier alpha value is -3.52. The lowest BCUT2D eigenvalue weighted by molar-refractivity contribution is 0.0732. The van der Waals surface area contributed by atoms with Gasteiger partial charge in [0.25, 0.3) is 5.91 Å². The third kappa shape index (κ3) is 4.98. The zero-order valence-corrected chi connectivity index (χ0v) is 20.5. The Labute approximate surface area is 205 Å². The minimum absolute atomic E-state index is 0.0260. The Balaban J connectivity index is 1.78. The van der Waals surface area contributed by atoms with Crippen LogP contribution in [0.15, 0.2) is 42.5 Å². The topological polar surface area (TPSA) is 108 Å². The second kappa shape index (κ2) is 10.8. The minimum Gasteiger partial charge on any atom is -0.507 e. The lowest BCUT2D eigenvalue weighted by Crippen LogP contribution is -2.31. The van der Waals surface area contributed by atoms with Crippen LogP contribution in [0.1, 0.15) is 61.3 Å². The number of hydrogen-bond acceptors (Lipinski definition) is 6. The molecular weight excluding hydrogens is 446 g/mol. The monoisotopic (exact) mass is 479 g/mol. The van der Waals surface area contributed by atoms with Crippen LogP contribution in [0.25, 0.3) is 11.3 Å². The maximum atomic E-state index is 13.4. The first kappa shape index (κ1) is 24.6.